The van der Waals surface area contributed by atoms with Gasteiger partial charge in [0.2, 0.25) is 0 Å². The highest BCUT2D eigenvalue weighted by Gasteiger charge is 2.37. The molecule has 0 bridgehead atoms. The van der Waals surface area contributed by atoms with Crippen molar-refractivity contribution >= 4 is 27.8 Å². The highest BCUT2D eigenvalue weighted by molar-refractivity contribution is 5.85. The summed E-state index contributed by atoms with van der Waals surface area (Å²) in [5.74, 6) is 1.27. The van der Waals surface area contributed by atoms with Gasteiger partial charge in [-0.05, 0) is 61.6 Å². The smallest absolute Gasteiger partial charge is 0.437 e. The van der Waals surface area contributed by atoms with Crippen LogP contribution in [0.2, 0.25) is 0 Å². The number of benzene rings is 2. The number of carbonyl (C=O) groups excluding carboxylic acids is 1. The third kappa shape index (κ3) is 6.23. The molecule has 0 saturated heterocycles. The highest BCUT2D eigenvalue weighted by Crippen LogP contribution is 2.38. The van der Waals surface area contributed by atoms with Crippen LogP contribution >= 0.6 is 0 Å². The summed E-state index contributed by atoms with van der Waals surface area (Å²) in [6.45, 7) is 5.15. The lowest BCUT2D eigenvalue weighted by Crippen LogP contribution is -2.10. The molecule has 0 aliphatic rings. The lowest BCUT2D eigenvalue weighted by Gasteiger charge is -2.15. The van der Waals surface area contributed by atoms with Crippen molar-refractivity contribution in [2.24, 2.45) is 5.92 Å². The molecule has 0 spiro atoms. The molecule has 0 N–H and O–H groups in total. The third-order valence-electron chi connectivity index (χ3n) is 6.49. The van der Waals surface area contributed by atoms with Gasteiger partial charge >= 0.3 is 12.1 Å². The molecule has 1 unspecified atom stereocenters. The first kappa shape index (κ1) is 27.3. The van der Waals surface area contributed by atoms with Gasteiger partial charge in [-0.25, -0.2) is 0 Å². The van der Waals surface area contributed by atoms with Crippen LogP contribution in [-0.4, -0.2) is 36.0 Å². The van der Waals surface area contributed by atoms with Crippen LogP contribution in [0.1, 0.15) is 44.4 Å². The van der Waals surface area contributed by atoms with Crippen molar-refractivity contribution in [1.29, 1.82) is 0 Å². The van der Waals surface area contributed by atoms with E-state index in [1.54, 1.807) is 6.07 Å². The fraction of sp³-hybridized carbons (Fsp3) is 0.429. The summed E-state index contributed by atoms with van der Waals surface area (Å²) in [6.07, 6.45) is 0.0893. The van der Waals surface area contributed by atoms with E-state index in [2.05, 4.69) is 12.1 Å². The second kappa shape index (κ2) is 11.8. The first-order valence-electron chi connectivity index (χ1n) is 12.6. The van der Waals surface area contributed by atoms with Crippen LogP contribution in [-0.2, 0) is 28.7 Å². The van der Waals surface area contributed by atoms with Gasteiger partial charge in [0.05, 0.1) is 25.7 Å². The summed E-state index contributed by atoms with van der Waals surface area (Å²) in [4.78, 5) is 11.6. The number of aromatic nitrogens is 2. The Kier molecular flexibility index (Phi) is 8.48. The molecule has 2 aromatic heterocycles. The number of nitrogens with zero attached hydrogens (tertiary/aromatic N) is 2. The number of aryl methyl sites for hydroxylation is 1. The van der Waals surface area contributed by atoms with Gasteiger partial charge in [-0.15, -0.1) is 0 Å². The summed E-state index contributed by atoms with van der Waals surface area (Å²) < 4.78 is 63.2. The predicted molar refractivity (Wildman–Crippen MR) is 136 cm³/mol. The zero-order valence-electron chi connectivity index (χ0n) is 21.6. The van der Waals surface area contributed by atoms with Gasteiger partial charge in [0.25, 0.3) is 0 Å². The molecule has 2 aromatic carbocycles. The van der Waals surface area contributed by atoms with Gasteiger partial charge in [0, 0.05) is 22.7 Å². The SMILES string of the molecule is CCCc1c(OCCC(C)CCOc2ccc3c(ccn3CC(=O)OC)c2)ccc2c(C(F)(F)F)noc12. The van der Waals surface area contributed by atoms with Gasteiger partial charge in [-0.2, -0.15) is 13.2 Å². The maximum Gasteiger partial charge on any atom is 0.437 e. The lowest BCUT2D eigenvalue weighted by molar-refractivity contribution is -0.142. The quantitative estimate of drug-likeness (QED) is 0.187. The van der Waals surface area contributed by atoms with Crippen LogP contribution in [0.25, 0.3) is 21.9 Å². The number of methoxy groups -OCH3 is 1. The Balaban J connectivity index is 1.29. The van der Waals surface area contributed by atoms with E-state index >= 15 is 0 Å². The highest BCUT2D eigenvalue weighted by atomic mass is 19.4. The molecule has 0 saturated carbocycles. The summed E-state index contributed by atoms with van der Waals surface area (Å²) in [7, 11) is 1.37. The Morgan fingerprint density at radius 3 is 2.58 bits per heavy atom. The molecule has 204 valence electrons. The molecular formula is C28H31F3N2O5. The number of carbonyl (C=O) groups is 1. The van der Waals surface area contributed by atoms with E-state index < -0.39 is 11.9 Å². The van der Waals surface area contributed by atoms with E-state index in [9.17, 15) is 18.0 Å². The number of hydrogen-bond acceptors (Lipinski definition) is 6. The lowest BCUT2D eigenvalue weighted by atomic mass is 10.0. The molecular weight excluding hydrogens is 501 g/mol. The second-order valence-electron chi connectivity index (χ2n) is 9.32. The first-order chi connectivity index (χ1) is 18.2. The number of halogens is 3. The van der Waals surface area contributed by atoms with Gasteiger partial charge in [-0.1, -0.05) is 25.4 Å². The minimum atomic E-state index is -4.57. The molecule has 4 aromatic rings. The van der Waals surface area contributed by atoms with Crippen molar-refractivity contribution in [2.75, 3.05) is 20.3 Å². The number of rotatable bonds is 12. The van der Waals surface area contributed by atoms with Crippen LogP contribution < -0.4 is 9.47 Å². The summed E-state index contributed by atoms with van der Waals surface area (Å²) in [6, 6.07) is 10.6. The van der Waals surface area contributed by atoms with Gasteiger partial charge in [0.1, 0.15) is 18.0 Å². The molecule has 38 heavy (non-hydrogen) atoms. The average Bonchev–Trinajstić information content (AvgIpc) is 3.49. The molecule has 0 radical (unpaired) electrons. The van der Waals surface area contributed by atoms with Crippen molar-refractivity contribution in [1.82, 2.24) is 9.72 Å². The minimum absolute atomic E-state index is 0.0444. The number of fused-ring (bicyclic) bond motifs is 2. The second-order valence-corrected chi connectivity index (χ2v) is 9.32. The van der Waals surface area contributed by atoms with Crippen LogP contribution in [0.15, 0.2) is 47.1 Å². The van der Waals surface area contributed by atoms with Crippen molar-refractivity contribution in [3.05, 3.63) is 53.9 Å². The standard InChI is InChI=1S/C28H31F3N2O5/c1-4-5-21-24(9-7-22-26(21)38-32-27(22)28(29,30)31)37-15-12-18(2)11-14-36-20-6-8-23-19(16-20)10-13-33(23)17-25(34)35-3/h6-10,13,16,18H,4-5,11-12,14-15,17H2,1-3H3. The Bertz CT molecular complexity index is 1390. The van der Waals surface area contributed by atoms with Crippen LogP contribution in [0.4, 0.5) is 13.2 Å². The predicted octanol–water partition coefficient (Wildman–Crippen LogP) is 6.80. The van der Waals surface area contributed by atoms with Crippen molar-refractivity contribution in [2.45, 2.75) is 52.3 Å². The van der Waals surface area contributed by atoms with Gasteiger partial charge in [-0.3, -0.25) is 4.79 Å². The largest absolute Gasteiger partial charge is 0.494 e. The number of hydrogen-bond donors (Lipinski definition) is 0. The molecule has 0 fully saturated rings. The normalized spacial score (nSPS) is 12.7. The number of esters is 1. The Morgan fingerprint density at radius 1 is 1.11 bits per heavy atom. The molecule has 10 heteroatoms. The summed E-state index contributed by atoms with van der Waals surface area (Å²) in [5.41, 5.74) is 0.660. The van der Waals surface area contributed by atoms with Crippen molar-refractivity contribution in [3.8, 4) is 11.5 Å². The Hall–Kier alpha value is -3.69. The first-order valence-corrected chi connectivity index (χ1v) is 12.6. The van der Waals surface area contributed by atoms with Gasteiger partial charge < -0.3 is 23.3 Å². The van der Waals surface area contributed by atoms with E-state index in [1.165, 1.54) is 13.2 Å². The molecule has 0 amide bonds. The van der Waals surface area contributed by atoms with Gasteiger partial charge in [0.15, 0.2) is 11.3 Å². The van der Waals surface area contributed by atoms with Crippen LogP contribution in [0, 0.1) is 5.92 Å². The average molecular weight is 533 g/mol. The Labute approximate surface area is 218 Å². The topological polar surface area (TPSA) is 75.7 Å². The molecule has 7 nitrogen and oxygen atoms in total. The third-order valence-corrected chi connectivity index (χ3v) is 6.49. The maximum atomic E-state index is 13.2. The number of alkyl halides is 3. The van der Waals surface area contributed by atoms with E-state index in [4.69, 9.17) is 18.7 Å². The van der Waals surface area contributed by atoms with E-state index in [0.29, 0.717) is 36.9 Å². The van der Waals surface area contributed by atoms with E-state index in [0.717, 1.165) is 35.9 Å². The summed E-state index contributed by atoms with van der Waals surface area (Å²) in [5, 5.41) is 4.19. The van der Waals surface area contributed by atoms with E-state index in [-0.39, 0.29) is 23.5 Å². The molecule has 0 aliphatic heterocycles. The maximum absolute atomic E-state index is 13.2. The molecule has 1 atom stereocenters. The fourth-order valence-electron chi connectivity index (χ4n) is 4.37. The zero-order valence-corrected chi connectivity index (χ0v) is 21.6. The number of ether oxygens (including phenoxy) is 3. The fourth-order valence-corrected chi connectivity index (χ4v) is 4.37. The monoisotopic (exact) mass is 532 g/mol. The Morgan fingerprint density at radius 2 is 1.87 bits per heavy atom. The molecule has 2 heterocycles. The molecule has 4 rings (SSSR count). The van der Waals surface area contributed by atoms with Crippen molar-refractivity contribution < 1.29 is 36.7 Å². The summed E-state index contributed by atoms with van der Waals surface area (Å²) >= 11 is 0. The minimum Gasteiger partial charge on any atom is -0.494 e. The van der Waals surface area contributed by atoms with Crippen molar-refractivity contribution in [3.63, 3.8) is 0 Å². The van der Waals surface area contributed by atoms with Crippen LogP contribution in [0.3, 0.4) is 0 Å². The zero-order chi connectivity index (χ0) is 27.3. The van der Waals surface area contributed by atoms with Crippen LogP contribution in [0.5, 0.6) is 11.5 Å². The molecule has 0 aliphatic carbocycles. The van der Waals surface area contributed by atoms with E-state index in [1.807, 2.05) is 42.0 Å².